The highest BCUT2D eigenvalue weighted by Gasteiger charge is 2.31. The number of carbonyl (C=O) groups is 1. The van der Waals surface area contributed by atoms with E-state index in [2.05, 4.69) is 9.72 Å². The maximum absolute atomic E-state index is 12.2. The van der Waals surface area contributed by atoms with E-state index in [9.17, 15) is 18.0 Å². The van der Waals surface area contributed by atoms with Crippen molar-refractivity contribution in [3.05, 3.63) is 42.1 Å². The van der Waals surface area contributed by atoms with Crippen molar-refractivity contribution in [2.24, 2.45) is 0 Å². The van der Waals surface area contributed by atoms with Crippen LogP contribution in [0.2, 0.25) is 0 Å². The number of aromatic nitrogens is 1. The molecule has 1 N–H and O–H groups in total. The molecule has 0 saturated heterocycles. The van der Waals surface area contributed by atoms with Crippen molar-refractivity contribution < 1.29 is 32.5 Å². The lowest BCUT2D eigenvalue weighted by Gasteiger charge is -2.12. The van der Waals surface area contributed by atoms with Gasteiger partial charge in [-0.1, -0.05) is 0 Å². The summed E-state index contributed by atoms with van der Waals surface area (Å²) in [4.78, 5) is 15.2. The second kappa shape index (κ2) is 5.92. The molecule has 5 nitrogen and oxygen atoms in total. The lowest BCUT2D eigenvalue weighted by molar-refractivity contribution is -0.274. The number of pyridine rings is 1. The minimum absolute atomic E-state index is 0.220. The zero-order valence-electron chi connectivity index (χ0n) is 11.2. The van der Waals surface area contributed by atoms with E-state index in [0.29, 0.717) is 11.4 Å². The minimum atomic E-state index is -4.89. The number of carboxylic acids is 1. The third-order valence-electron chi connectivity index (χ3n) is 2.71. The summed E-state index contributed by atoms with van der Waals surface area (Å²) in [5.41, 5.74) is 0.322. The first-order valence-corrected chi connectivity index (χ1v) is 5.93. The lowest BCUT2D eigenvalue weighted by Crippen LogP contribution is -2.17. The summed E-state index contributed by atoms with van der Waals surface area (Å²) >= 11 is 0. The Balaban J connectivity index is 2.44. The number of carboxylic acid groups (broad SMARTS) is 1. The molecule has 0 saturated carbocycles. The lowest BCUT2D eigenvalue weighted by atomic mass is 10.0. The van der Waals surface area contributed by atoms with Crippen LogP contribution in [0.5, 0.6) is 11.6 Å². The molecule has 1 aromatic heterocycles. The molecule has 0 aliphatic carbocycles. The SMILES string of the molecule is COc1ccc(-c2ccc(OC(F)(F)F)cc2C(=O)O)cn1. The molecule has 0 aliphatic rings. The summed E-state index contributed by atoms with van der Waals surface area (Å²) in [6.07, 6.45) is -3.52. The van der Waals surface area contributed by atoms with Crippen LogP contribution in [-0.4, -0.2) is 29.5 Å². The predicted octanol–water partition coefficient (Wildman–Crippen LogP) is 3.35. The first-order valence-electron chi connectivity index (χ1n) is 5.93. The fourth-order valence-corrected chi connectivity index (χ4v) is 1.81. The zero-order chi connectivity index (χ0) is 16.3. The second-order valence-corrected chi connectivity index (χ2v) is 4.15. The number of rotatable bonds is 4. The molecule has 0 atom stereocenters. The fraction of sp³-hybridized carbons (Fsp3) is 0.143. The number of nitrogens with zero attached hydrogens (tertiary/aromatic N) is 1. The Bertz CT molecular complexity index is 683. The number of ether oxygens (including phenoxy) is 2. The molecule has 0 bridgehead atoms. The van der Waals surface area contributed by atoms with Gasteiger partial charge in [-0.15, -0.1) is 13.2 Å². The summed E-state index contributed by atoms with van der Waals surface area (Å²) in [7, 11) is 1.42. The largest absolute Gasteiger partial charge is 0.573 e. The van der Waals surface area contributed by atoms with Crippen molar-refractivity contribution in [2.45, 2.75) is 6.36 Å². The average Bonchev–Trinajstić information content (AvgIpc) is 2.45. The Hall–Kier alpha value is -2.77. The van der Waals surface area contributed by atoms with Gasteiger partial charge in [0.1, 0.15) is 5.75 Å². The molecule has 0 amide bonds. The van der Waals surface area contributed by atoms with E-state index < -0.39 is 18.1 Å². The van der Waals surface area contributed by atoms with E-state index in [4.69, 9.17) is 9.84 Å². The van der Waals surface area contributed by atoms with Crippen LogP contribution in [0.15, 0.2) is 36.5 Å². The highest BCUT2D eigenvalue weighted by atomic mass is 19.4. The van der Waals surface area contributed by atoms with Gasteiger partial charge in [0.15, 0.2) is 0 Å². The van der Waals surface area contributed by atoms with Gasteiger partial charge in [0.2, 0.25) is 5.88 Å². The number of alkyl halides is 3. The van der Waals surface area contributed by atoms with Crippen LogP contribution in [-0.2, 0) is 0 Å². The third-order valence-corrected chi connectivity index (χ3v) is 2.71. The van der Waals surface area contributed by atoms with Gasteiger partial charge in [-0.3, -0.25) is 0 Å². The molecular formula is C14H10F3NO4. The molecule has 0 aliphatic heterocycles. The summed E-state index contributed by atoms with van der Waals surface area (Å²) in [6, 6.07) is 6.15. The second-order valence-electron chi connectivity index (χ2n) is 4.15. The van der Waals surface area contributed by atoms with Crippen molar-refractivity contribution in [1.29, 1.82) is 0 Å². The van der Waals surface area contributed by atoms with Gasteiger partial charge in [0.05, 0.1) is 12.7 Å². The molecule has 0 spiro atoms. The number of aromatic carboxylic acids is 1. The van der Waals surface area contributed by atoms with Crippen molar-refractivity contribution in [2.75, 3.05) is 7.11 Å². The molecule has 2 aromatic rings. The maximum atomic E-state index is 12.2. The summed E-state index contributed by atoms with van der Waals surface area (Å²) in [5.74, 6) is -1.65. The van der Waals surface area contributed by atoms with Crippen LogP contribution in [0, 0.1) is 0 Å². The van der Waals surface area contributed by atoms with Gasteiger partial charge in [-0.2, -0.15) is 0 Å². The Morgan fingerprint density at radius 2 is 1.95 bits per heavy atom. The van der Waals surface area contributed by atoms with E-state index in [1.807, 2.05) is 0 Å². The Morgan fingerprint density at radius 3 is 2.45 bits per heavy atom. The summed E-state index contributed by atoms with van der Waals surface area (Å²) < 4.78 is 45.2. The molecule has 0 radical (unpaired) electrons. The smallest absolute Gasteiger partial charge is 0.481 e. The molecule has 1 aromatic carbocycles. The third kappa shape index (κ3) is 3.66. The van der Waals surface area contributed by atoms with E-state index in [0.717, 1.165) is 12.1 Å². The van der Waals surface area contributed by atoms with Gasteiger partial charge in [0, 0.05) is 17.8 Å². The molecule has 22 heavy (non-hydrogen) atoms. The number of hydrogen-bond acceptors (Lipinski definition) is 4. The van der Waals surface area contributed by atoms with E-state index >= 15 is 0 Å². The van der Waals surface area contributed by atoms with Gasteiger partial charge >= 0.3 is 12.3 Å². The normalized spacial score (nSPS) is 11.1. The van der Waals surface area contributed by atoms with E-state index in [1.54, 1.807) is 6.07 Å². The number of halogens is 3. The first-order chi connectivity index (χ1) is 10.3. The number of benzene rings is 1. The van der Waals surface area contributed by atoms with Crippen LogP contribution in [0.4, 0.5) is 13.2 Å². The van der Waals surface area contributed by atoms with Gasteiger partial charge < -0.3 is 14.6 Å². The van der Waals surface area contributed by atoms with Crippen LogP contribution in [0.25, 0.3) is 11.1 Å². The van der Waals surface area contributed by atoms with Gasteiger partial charge in [-0.25, -0.2) is 9.78 Å². The topological polar surface area (TPSA) is 68.7 Å². The number of hydrogen-bond donors (Lipinski definition) is 1. The van der Waals surface area contributed by atoms with Crippen molar-refractivity contribution in [1.82, 2.24) is 4.98 Å². The molecule has 116 valence electrons. The highest BCUT2D eigenvalue weighted by Crippen LogP contribution is 2.30. The summed E-state index contributed by atoms with van der Waals surface area (Å²) in [5, 5.41) is 9.17. The van der Waals surface area contributed by atoms with Crippen LogP contribution in [0.1, 0.15) is 10.4 Å². The van der Waals surface area contributed by atoms with Gasteiger partial charge in [-0.05, 0) is 29.8 Å². The number of methoxy groups -OCH3 is 1. The van der Waals surface area contributed by atoms with Crippen LogP contribution in [0.3, 0.4) is 0 Å². The monoisotopic (exact) mass is 313 g/mol. The Morgan fingerprint density at radius 1 is 1.23 bits per heavy atom. The van der Waals surface area contributed by atoms with E-state index in [1.165, 1.54) is 25.4 Å². The fourth-order valence-electron chi connectivity index (χ4n) is 1.81. The van der Waals surface area contributed by atoms with Crippen molar-refractivity contribution in [3.8, 4) is 22.8 Å². The van der Waals surface area contributed by atoms with Crippen LogP contribution < -0.4 is 9.47 Å². The minimum Gasteiger partial charge on any atom is -0.481 e. The molecule has 2 rings (SSSR count). The summed E-state index contributed by atoms with van der Waals surface area (Å²) in [6.45, 7) is 0. The molecular weight excluding hydrogens is 303 g/mol. The Kier molecular flexibility index (Phi) is 4.20. The standard InChI is InChI=1S/C14H10F3NO4/c1-21-12-5-2-8(7-18-12)10-4-3-9(22-14(15,16)17)6-11(10)13(19)20/h2-7H,1H3,(H,19,20). The zero-order valence-corrected chi connectivity index (χ0v) is 11.2. The average molecular weight is 313 g/mol. The molecule has 8 heteroatoms. The van der Waals surface area contributed by atoms with Crippen molar-refractivity contribution in [3.63, 3.8) is 0 Å². The predicted molar refractivity (Wildman–Crippen MR) is 69.9 cm³/mol. The van der Waals surface area contributed by atoms with E-state index in [-0.39, 0.29) is 11.1 Å². The Labute approximate surface area is 122 Å². The van der Waals surface area contributed by atoms with Gasteiger partial charge in [0.25, 0.3) is 0 Å². The molecule has 0 unspecified atom stereocenters. The maximum Gasteiger partial charge on any atom is 0.573 e. The first kappa shape index (κ1) is 15.6. The highest BCUT2D eigenvalue weighted by molar-refractivity contribution is 5.96. The quantitative estimate of drug-likeness (QED) is 0.937. The van der Waals surface area contributed by atoms with Crippen LogP contribution >= 0.6 is 0 Å². The molecule has 0 fully saturated rings. The van der Waals surface area contributed by atoms with Crippen molar-refractivity contribution >= 4 is 5.97 Å². The molecule has 1 heterocycles.